The number of fused-ring (bicyclic) bond motifs is 6. The van der Waals surface area contributed by atoms with E-state index in [1.165, 1.54) is 0 Å². The fourth-order valence-corrected chi connectivity index (χ4v) is 7.18. The maximum atomic E-state index is 15.3. The van der Waals surface area contributed by atoms with Crippen LogP contribution in [0, 0.1) is 18.4 Å². The molecule has 5 aromatic rings. The number of aromatic nitrogens is 3. The van der Waals surface area contributed by atoms with Crippen molar-refractivity contribution in [3.05, 3.63) is 83.9 Å². The average molecular weight is 632 g/mol. The van der Waals surface area contributed by atoms with Crippen molar-refractivity contribution in [2.75, 3.05) is 32.0 Å². The van der Waals surface area contributed by atoms with E-state index < -0.39 is 6.08 Å². The maximum Gasteiger partial charge on any atom is 0.410 e. The summed E-state index contributed by atoms with van der Waals surface area (Å²) in [5.41, 5.74) is 3.10. The third kappa shape index (κ3) is 5.02. The Morgan fingerprint density at radius 2 is 1.91 bits per heavy atom. The van der Waals surface area contributed by atoms with E-state index >= 15 is 4.39 Å². The normalized spacial score (nSPS) is 19.6. The van der Waals surface area contributed by atoms with Crippen LogP contribution in [-0.4, -0.2) is 71.1 Å². The number of halogens is 1. The highest BCUT2D eigenvalue weighted by atomic mass is 19.1. The molecule has 0 N–H and O–H groups in total. The van der Waals surface area contributed by atoms with Crippen molar-refractivity contribution in [2.24, 2.45) is 0 Å². The highest BCUT2D eigenvalue weighted by molar-refractivity contribution is 6.03. The van der Waals surface area contributed by atoms with Gasteiger partial charge in [-0.15, -0.1) is 6.42 Å². The average Bonchev–Trinajstić information content (AvgIpc) is 3.33. The van der Waals surface area contributed by atoms with Gasteiger partial charge in [-0.2, -0.15) is 9.37 Å². The van der Waals surface area contributed by atoms with E-state index in [-0.39, 0.29) is 50.1 Å². The van der Waals surface area contributed by atoms with Crippen LogP contribution in [-0.2, 0) is 16.1 Å². The number of carbonyl (C=O) groups excluding carboxylic acids is 1. The van der Waals surface area contributed by atoms with E-state index in [1.807, 2.05) is 65.6 Å². The molecule has 47 heavy (non-hydrogen) atoms. The van der Waals surface area contributed by atoms with Crippen molar-refractivity contribution in [1.29, 1.82) is 0 Å². The summed E-state index contributed by atoms with van der Waals surface area (Å²) < 4.78 is 38.4. The number of rotatable bonds is 6. The Labute approximate surface area is 270 Å². The molecule has 0 radical (unpaired) electrons. The van der Waals surface area contributed by atoms with Crippen LogP contribution in [0.4, 0.5) is 15.0 Å². The molecule has 0 saturated carbocycles. The fraction of sp³-hybridized carbons (Fsp3) is 0.278. The number of anilines is 1. The van der Waals surface area contributed by atoms with E-state index in [0.717, 1.165) is 29.2 Å². The number of benzene rings is 3. The van der Waals surface area contributed by atoms with Gasteiger partial charge in [-0.25, -0.2) is 14.8 Å². The molecule has 0 aliphatic carbocycles. The number of piperazine rings is 1. The van der Waals surface area contributed by atoms with Gasteiger partial charge in [0, 0.05) is 30.2 Å². The molecule has 3 aliphatic rings. The monoisotopic (exact) mass is 631 g/mol. The summed E-state index contributed by atoms with van der Waals surface area (Å²) in [6.07, 6.45) is 6.24. The van der Waals surface area contributed by atoms with Gasteiger partial charge in [0.1, 0.15) is 30.2 Å². The van der Waals surface area contributed by atoms with Crippen molar-refractivity contribution >= 4 is 33.6 Å². The molecule has 5 heterocycles. The molecule has 2 bridgehead atoms. The number of terminal acetylenes is 1. The number of ether oxygens (including phenoxy) is 4. The first kappa shape index (κ1) is 29.0. The summed E-state index contributed by atoms with van der Waals surface area (Å²) in [5, 5.41) is 2.16. The van der Waals surface area contributed by atoms with Crippen LogP contribution < -0.4 is 14.4 Å². The second kappa shape index (κ2) is 11.7. The second-order valence-corrected chi connectivity index (χ2v) is 11.9. The standard InChI is InChI=1S/C36H30FN5O5/c1-3-22-10-7-11-23-14-25(47-20-44-2)15-26(31(22)23)27-16-28-32-33(40-35(37)39-28)41-17-24-12-13-29(30(41)19-45-34(32)38-27)42(24)36(43)46-18-21-8-5-4-6-9-21/h1,4-11,14-16,24,29-30H,12-13,17-20H2,2H3/t24-,29+,30?/m0/s1. The molecular formula is C36H30FN5O5. The van der Waals surface area contributed by atoms with Crippen LogP contribution in [0.15, 0.2) is 66.7 Å². The molecule has 2 aromatic heterocycles. The van der Waals surface area contributed by atoms with Gasteiger partial charge in [-0.3, -0.25) is 4.90 Å². The number of carbonyl (C=O) groups is 1. The third-order valence-corrected chi connectivity index (χ3v) is 9.20. The van der Waals surface area contributed by atoms with Crippen LogP contribution in [0.5, 0.6) is 11.6 Å². The Morgan fingerprint density at radius 3 is 2.74 bits per heavy atom. The molecule has 1 unspecified atom stereocenters. The predicted octanol–water partition coefficient (Wildman–Crippen LogP) is 5.70. The first-order valence-electron chi connectivity index (χ1n) is 15.4. The Morgan fingerprint density at radius 1 is 1.04 bits per heavy atom. The third-order valence-electron chi connectivity index (χ3n) is 9.20. The molecule has 2 fully saturated rings. The Kier molecular flexibility index (Phi) is 7.22. The van der Waals surface area contributed by atoms with Crippen LogP contribution in [0.25, 0.3) is 32.9 Å². The first-order valence-corrected chi connectivity index (χ1v) is 15.4. The molecular weight excluding hydrogens is 601 g/mol. The molecule has 236 valence electrons. The summed E-state index contributed by atoms with van der Waals surface area (Å²) in [6, 6.07) is 20.1. The highest BCUT2D eigenvalue weighted by Gasteiger charge is 2.51. The minimum atomic E-state index is -0.861. The maximum absolute atomic E-state index is 15.3. The lowest BCUT2D eigenvalue weighted by molar-refractivity contribution is 0.0512. The van der Waals surface area contributed by atoms with Gasteiger partial charge in [-0.05, 0) is 48.1 Å². The Bertz CT molecular complexity index is 2070. The van der Waals surface area contributed by atoms with E-state index in [4.69, 9.17) is 30.4 Å². The Hall–Kier alpha value is -5.47. The number of methoxy groups -OCH3 is 1. The SMILES string of the molecule is C#Cc1cccc2cc(OCOC)cc(-c3cc4nc(F)nc5c4c(n3)OCC3[C@H]4CC[C@@H](CN53)N4C(=O)OCc3ccccc3)c12. The molecule has 10 nitrogen and oxygen atoms in total. The summed E-state index contributed by atoms with van der Waals surface area (Å²) in [5.74, 6) is 4.01. The molecule has 2 saturated heterocycles. The van der Waals surface area contributed by atoms with Gasteiger partial charge < -0.3 is 23.8 Å². The predicted molar refractivity (Wildman–Crippen MR) is 173 cm³/mol. The minimum absolute atomic E-state index is 0.0529. The van der Waals surface area contributed by atoms with Gasteiger partial charge in [0.05, 0.1) is 29.3 Å². The van der Waals surface area contributed by atoms with E-state index in [2.05, 4.69) is 20.8 Å². The van der Waals surface area contributed by atoms with E-state index in [0.29, 0.717) is 45.8 Å². The number of nitrogens with zero attached hydrogens (tertiary/aromatic N) is 5. The van der Waals surface area contributed by atoms with Crippen LogP contribution in [0.2, 0.25) is 0 Å². The number of pyridine rings is 1. The summed E-state index contributed by atoms with van der Waals surface area (Å²) in [7, 11) is 1.55. The lowest BCUT2D eigenvalue weighted by atomic mass is 9.96. The molecule has 8 rings (SSSR count). The number of hydrogen-bond donors (Lipinski definition) is 0. The lowest BCUT2D eigenvalue weighted by Crippen LogP contribution is -2.63. The lowest BCUT2D eigenvalue weighted by Gasteiger charge is -2.45. The smallest absolute Gasteiger partial charge is 0.410 e. The highest BCUT2D eigenvalue weighted by Crippen LogP contribution is 2.44. The molecule has 3 aliphatic heterocycles. The van der Waals surface area contributed by atoms with Gasteiger partial charge in [0.2, 0.25) is 5.88 Å². The van der Waals surface area contributed by atoms with Crippen LogP contribution in [0.3, 0.4) is 0 Å². The van der Waals surface area contributed by atoms with Gasteiger partial charge in [-0.1, -0.05) is 48.4 Å². The zero-order valence-corrected chi connectivity index (χ0v) is 25.6. The molecule has 3 aromatic carbocycles. The van der Waals surface area contributed by atoms with Crippen molar-refractivity contribution < 1.29 is 28.1 Å². The van der Waals surface area contributed by atoms with Crippen LogP contribution in [0.1, 0.15) is 24.0 Å². The zero-order chi connectivity index (χ0) is 32.1. The second-order valence-electron chi connectivity index (χ2n) is 11.9. The number of amides is 1. The van der Waals surface area contributed by atoms with E-state index in [9.17, 15) is 4.79 Å². The molecule has 1 amide bonds. The molecule has 3 atom stereocenters. The quantitative estimate of drug-likeness (QED) is 0.133. The fourth-order valence-electron chi connectivity index (χ4n) is 7.18. The molecule has 0 spiro atoms. The van der Waals surface area contributed by atoms with Gasteiger partial charge >= 0.3 is 12.2 Å². The van der Waals surface area contributed by atoms with Crippen molar-refractivity contribution in [1.82, 2.24) is 19.9 Å². The number of hydrogen-bond acceptors (Lipinski definition) is 9. The zero-order valence-electron chi connectivity index (χ0n) is 25.6. The summed E-state index contributed by atoms with van der Waals surface area (Å²) in [4.78, 5) is 30.7. The van der Waals surface area contributed by atoms with E-state index in [1.54, 1.807) is 13.2 Å². The summed E-state index contributed by atoms with van der Waals surface area (Å²) >= 11 is 0. The van der Waals surface area contributed by atoms with Crippen molar-refractivity contribution in [2.45, 2.75) is 37.6 Å². The van der Waals surface area contributed by atoms with Crippen molar-refractivity contribution in [3.63, 3.8) is 0 Å². The summed E-state index contributed by atoms with van der Waals surface area (Å²) in [6.45, 7) is 0.894. The molecule has 11 heteroatoms. The first-order chi connectivity index (χ1) is 23.0. The van der Waals surface area contributed by atoms with Gasteiger partial charge in [0.25, 0.3) is 0 Å². The minimum Gasteiger partial charge on any atom is -0.475 e. The van der Waals surface area contributed by atoms with Crippen LogP contribution >= 0.6 is 0 Å². The Balaban J connectivity index is 1.19. The van der Waals surface area contributed by atoms with Crippen molar-refractivity contribution in [3.8, 4) is 35.2 Å². The largest absolute Gasteiger partial charge is 0.475 e. The van der Waals surface area contributed by atoms with Gasteiger partial charge in [0.15, 0.2) is 6.79 Å². The topological polar surface area (TPSA) is 99.1 Å².